The van der Waals surface area contributed by atoms with Crippen molar-refractivity contribution in [3.8, 4) is 0 Å². The fourth-order valence-corrected chi connectivity index (χ4v) is 1.15. The molecule has 0 aliphatic carbocycles. The van der Waals surface area contributed by atoms with Crippen molar-refractivity contribution in [2.75, 3.05) is 14.1 Å². The molecule has 0 radical (unpaired) electrons. The normalized spacial score (nSPS) is 10.5. The van der Waals surface area contributed by atoms with Crippen LogP contribution in [0.15, 0.2) is 34.8 Å². The molecule has 0 aromatic heterocycles. The molecule has 0 heterocycles. The lowest BCUT2D eigenvalue weighted by Crippen LogP contribution is -2.18. The second-order valence-electron chi connectivity index (χ2n) is 3.12. The second-order valence-corrected chi connectivity index (χ2v) is 4.03. The zero-order valence-electron chi connectivity index (χ0n) is 8.20. The summed E-state index contributed by atoms with van der Waals surface area (Å²) in [5.41, 5.74) is 1.02. The van der Waals surface area contributed by atoms with Crippen molar-refractivity contribution in [2.45, 2.75) is 0 Å². The second kappa shape index (κ2) is 4.96. The number of benzene rings is 1. The Kier molecular flexibility index (Phi) is 3.89. The first-order chi connectivity index (χ1) is 6.59. The van der Waals surface area contributed by atoms with Crippen molar-refractivity contribution in [1.29, 1.82) is 0 Å². The van der Waals surface area contributed by atoms with Gasteiger partial charge in [0, 0.05) is 24.6 Å². The van der Waals surface area contributed by atoms with Crippen LogP contribution in [0.2, 0.25) is 0 Å². The molecule has 0 N–H and O–H groups in total. The molecule has 3 heteroatoms. The van der Waals surface area contributed by atoms with Crippen LogP contribution in [0, 0.1) is 0 Å². The maximum absolute atomic E-state index is 11.2. The van der Waals surface area contributed by atoms with Gasteiger partial charge in [0.05, 0.1) is 0 Å². The summed E-state index contributed by atoms with van der Waals surface area (Å²) in [6, 6.07) is 7.78. The largest absolute Gasteiger partial charge is 0.345 e. The third-order valence-corrected chi connectivity index (χ3v) is 2.26. The highest BCUT2D eigenvalue weighted by Crippen LogP contribution is 2.11. The van der Waals surface area contributed by atoms with E-state index < -0.39 is 0 Å². The SMILES string of the molecule is CN(C)C(=O)/C=C/c1ccc(Br)cc1. The first-order valence-corrected chi connectivity index (χ1v) is 5.04. The predicted octanol–water partition coefficient (Wildman–Crippen LogP) is 2.55. The predicted molar refractivity (Wildman–Crippen MR) is 61.9 cm³/mol. The van der Waals surface area contributed by atoms with Crippen molar-refractivity contribution in [3.63, 3.8) is 0 Å². The van der Waals surface area contributed by atoms with Gasteiger partial charge in [-0.25, -0.2) is 0 Å². The molecule has 0 saturated carbocycles. The average Bonchev–Trinajstić information content (AvgIpc) is 2.16. The number of halogens is 1. The standard InChI is InChI=1S/C11H12BrNO/c1-13(2)11(14)8-5-9-3-6-10(12)7-4-9/h3-8H,1-2H3/b8-5+. The van der Waals surface area contributed by atoms with Crippen LogP contribution in [0.25, 0.3) is 6.08 Å². The minimum absolute atomic E-state index is 0.00656. The third-order valence-electron chi connectivity index (χ3n) is 1.73. The molecule has 0 bridgehead atoms. The van der Waals surface area contributed by atoms with E-state index in [9.17, 15) is 4.79 Å². The van der Waals surface area contributed by atoms with Gasteiger partial charge in [0.2, 0.25) is 5.91 Å². The molecule has 74 valence electrons. The molecule has 1 amide bonds. The molecule has 0 unspecified atom stereocenters. The Morgan fingerprint density at radius 2 is 1.86 bits per heavy atom. The Morgan fingerprint density at radius 3 is 2.36 bits per heavy atom. The molecule has 14 heavy (non-hydrogen) atoms. The van der Waals surface area contributed by atoms with Gasteiger partial charge in [0.15, 0.2) is 0 Å². The van der Waals surface area contributed by atoms with Crippen LogP contribution in [-0.4, -0.2) is 24.9 Å². The summed E-state index contributed by atoms with van der Waals surface area (Å²) >= 11 is 3.35. The van der Waals surface area contributed by atoms with Crippen molar-refractivity contribution < 1.29 is 4.79 Å². The van der Waals surface area contributed by atoms with Gasteiger partial charge < -0.3 is 4.90 Å². The van der Waals surface area contributed by atoms with E-state index in [-0.39, 0.29) is 5.91 Å². The zero-order valence-corrected chi connectivity index (χ0v) is 9.78. The van der Waals surface area contributed by atoms with E-state index in [1.54, 1.807) is 26.2 Å². The fraction of sp³-hybridized carbons (Fsp3) is 0.182. The van der Waals surface area contributed by atoms with Crippen molar-refractivity contribution >= 4 is 27.9 Å². The highest BCUT2D eigenvalue weighted by Gasteiger charge is 1.96. The highest BCUT2D eigenvalue weighted by molar-refractivity contribution is 9.10. The van der Waals surface area contributed by atoms with E-state index in [1.165, 1.54) is 4.90 Å². The summed E-state index contributed by atoms with van der Waals surface area (Å²) in [5, 5.41) is 0. The number of carbonyl (C=O) groups excluding carboxylic acids is 1. The first kappa shape index (κ1) is 11.0. The monoisotopic (exact) mass is 253 g/mol. The highest BCUT2D eigenvalue weighted by atomic mass is 79.9. The van der Waals surface area contributed by atoms with Gasteiger partial charge in [0.1, 0.15) is 0 Å². The molecule has 0 aliphatic heterocycles. The van der Waals surface area contributed by atoms with Gasteiger partial charge in [-0.05, 0) is 23.8 Å². The zero-order chi connectivity index (χ0) is 10.6. The molecule has 0 atom stereocenters. The number of amides is 1. The van der Waals surface area contributed by atoms with Crippen LogP contribution >= 0.6 is 15.9 Å². The molecule has 0 aliphatic rings. The molecule has 1 aromatic rings. The van der Waals surface area contributed by atoms with E-state index >= 15 is 0 Å². The number of hydrogen-bond acceptors (Lipinski definition) is 1. The van der Waals surface area contributed by atoms with Gasteiger partial charge in [0.25, 0.3) is 0 Å². The lowest BCUT2D eigenvalue weighted by atomic mass is 10.2. The van der Waals surface area contributed by atoms with Crippen LogP contribution in [0.1, 0.15) is 5.56 Å². The molecule has 0 saturated heterocycles. The minimum Gasteiger partial charge on any atom is -0.345 e. The molecule has 1 aromatic carbocycles. The van der Waals surface area contributed by atoms with E-state index in [0.717, 1.165) is 10.0 Å². The topological polar surface area (TPSA) is 20.3 Å². The molecular weight excluding hydrogens is 242 g/mol. The molecule has 0 spiro atoms. The maximum atomic E-state index is 11.2. The maximum Gasteiger partial charge on any atom is 0.246 e. The molecule has 2 nitrogen and oxygen atoms in total. The molecule has 0 fully saturated rings. The number of nitrogens with zero attached hydrogens (tertiary/aromatic N) is 1. The Bertz CT molecular complexity index is 341. The van der Waals surface area contributed by atoms with Gasteiger partial charge in [-0.2, -0.15) is 0 Å². The van der Waals surface area contributed by atoms with Crippen LogP contribution in [-0.2, 0) is 4.79 Å². The van der Waals surface area contributed by atoms with E-state index in [2.05, 4.69) is 15.9 Å². The van der Waals surface area contributed by atoms with Crippen molar-refractivity contribution in [1.82, 2.24) is 4.90 Å². The Hall–Kier alpha value is -1.09. The van der Waals surface area contributed by atoms with Crippen molar-refractivity contribution in [3.05, 3.63) is 40.4 Å². The van der Waals surface area contributed by atoms with Crippen molar-refractivity contribution in [2.24, 2.45) is 0 Å². The van der Waals surface area contributed by atoms with Gasteiger partial charge in [-0.1, -0.05) is 28.1 Å². The van der Waals surface area contributed by atoms with Crippen LogP contribution in [0.5, 0.6) is 0 Å². The van der Waals surface area contributed by atoms with Gasteiger partial charge in [-0.15, -0.1) is 0 Å². The summed E-state index contributed by atoms with van der Waals surface area (Å²) in [7, 11) is 3.46. The number of hydrogen-bond donors (Lipinski definition) is 0. The van der Waals surface area contributed by atoms with E-state index in [4.69, 9.17) is 0 Å². The fourth-order valence-electron chi connectivity index (χ4n) is 0.890. The van der Waals surface area contributed by atoms with E-state index in [0.29, 0.717) is 0 Å². The minimum atomic E-state index is -0.00656. The number of likely N-dealkylation sites (N-methyl/N-ethyl adjacent to an activating group) is 1. The van der Waals surface area contributed by atoms with Gasteiger partial charge in [-0.3, -0.25) is 4.79 Å². The number of carbonyl (C=O) groups is 1. The van der Waals surface area contributed by atoms with Crippen LogP contribution < -0.4 is 0 Å². The Morgan fingerprint density at radius 1 is 1.29 bits per heavy atom. The molecule has 1 rings (SSSR count). The average molecular weight is 254 g/mol. The Labute approximate surface area is 92.4 Å². The summed E-state index contributed by atoms with van der Waals surface area (Å²) in [5.74, 6) is -0.00656. The first-order valence-electron chi connectivity index (χ1n) is 4.24. The summed E-state index contributed by atoms with van der Waals surface area (Å²) in [6.45, 7) is 0. The summed E-state index contributed by atoms with van der Waals surface area (Å²) in [6.07, 6.45) is 3.36. The van der Waals surface area contributed by atoms with E-state index in [1.807, 2.05) is 24.3 Å². The van der Waals surface area contributed by atoms with Crippen LogP contribution in [0.3, 0.4) is 0 Å². The quantitative estimate of drug-likeness (QED) is 0.743. The van der Waals surface area contributed by atoms with Gasteiger partial charge >= 0.3 is 0 Å². The third kappa shape index (κ3) is 3.34. The number of rotatable bonds is 2. The molecular formula is C11H12BrNO. The lowest BCUT2D eigenvalue weighted by molar-refractivity contribution is -0.123. The lowest BCUT2D eigenvalue weighted by Gasteiger charge is -2.04. The Balaban J connectivity index is 2.69. The summed E-state index contributed by atoms with van der Waals surface area (Å²) in [4.78, 5) is 12.7. The van der Waals surface area contributed by atoms with Crippen LogP contribution in [0.4, 0.5) is 0 Å². The summed E-state index contributed by atoms with van der Waals surface area (Å²) < 4.78 is 1.04. The smallest absolute Gasteiger partial charge is 0.246 e.